The third-order valence-electron chi connectivity index (χ3n) is 2.77. The number of terminal acetylenes is 1. The van der Waals surface area contributed by atoms with Gasteiger partial charge in [0.25, 0.3) is 0 Å². The Morgan fingerprint density at radius 3 is 2.33 bits per heavy atom. The van der Waals surface area contributed by atoms with Gasteiger partial charge in [0.05, 0.1) is 6.61 Å². The molecule has 0 aliphatic carbocycles. The maximum absolute atomic E-state index is 11.3. The van der Waals surface area contributed by atoms with Crippen LogP contribution in [-0.4, -0.2) is 24.3 Å². The Morgan fingerprint density at radius 1 is 1.00 bits per heavy atom. The molecular formula is C15H26O3. The second-order valence-electron chi connectivity index (χ2n) is 4.48. The smallest absolute Gasteiger partial charge is 0.305 e. The molecule has 0 fully saturated rings. The maximum atomic E-state index is 11.3. The molecule has 0 heterocycles. The van der Waals surface area contributed by atoms with Crippen LogP contribution in [0.2, 0.25) is 0 Å². The van der Waals surface area contributed by atoms with E-state index in [2.05, 4.69) is 5.92 Å². The van der Waals surface area contributed by atoms with Crippen molar-refractivity contribution in [2.45, 2.75) is 64.2 Å². The van der Waals surface area contributed by atoms with Gasteiger partial charge < -0.3 is 9.84 Å². The number of aliphatic hydroxyl groups excluding tert-OH is 1. The molecular weight excluding hydrogens is 228 g/mol. The third-order valence-corrected chi connectivity index (χ3v) is 2.77. The van der Waals surface area contributed by atoms with Crippen LogP contribution in [0.1, 0.15) is 64.2 Å². The number of unbranched alkanes of at least 4 members (excludes halogenated alkanes) is 7. The van der Waals surface area contributed by atoms with E-state index in [1.807, 2.05) is 0 Å². The largest absolute Gasteiger partial charge is 0.466 e. The highest BCUT2D eigenvalue weighted by atomic mass is 16.5. The van der Waals surface area contributed by atoms with Crippen LogP contribution in [0.5, 0.6) is 0 Å². The number of hydrogen-bond acceptors (Lipinski definition) is 3. The Kier molecular flexibility index (Phi) is 13.3. The maximum Gasteiger partial charge on any atom is 0.305 e. The molecule has 0 rings (SSSR count). The van der Waals surface area contributed by atoms with E-state index >= 15 is 0 Å². The van der Waals surface area contributed by atoms with E-state index in [0.29, 0.717) is 13.0 Å². The zero-order chi connectivity index (χ0) is 13.5. The van der Waals surface area contributed by atoms with Gasteiger partial charge in [-0.3, -0.25) is 4.79 Å². The molecule has 0 saturated carbocycles. The van der Waals surface area contributed by atoms with Crippen molar-refractivity contribution in [2.75, 3.05) is 13.2 Å². The fourth-order valence-corrected chi connectivity index (χ4v) is 1.68. The summed E-state index contributed by atoms with van der Waals surface area (Å²) in [5.74, 6) is 2.47. The summed E-state index contributed by atoms with van der Waals surface area (Å²) < 4.78 is 5.09. The number of aliphatic hydroxyl groups is 1. The summed E-state index contributed by atoms with van der Waals surface area (Å²) in [5.41, 5.74) is 0. The number of hydrogen-bond donors (Lipinski definition) is 1. The van der Waals surface area contributed by atoms with Gasteiger partial charge in [0.2, 0.25) is 0 Å². The quantitative estimate of drug-likeness (QED) is 0.331. The van der Waals surface area contributed by atoms with Gasteiger partial charge in [-0.15, -0.1) is 12.3 Å². The molecule has 0 saturated heterocycles. The lowest BCUT2D eigenvalue weighted by Crippen LogP contribution is -2.05. The first kappa shape index (κ1) is 17.0. The molecule has 0 atom stereocenters. The van der Waals surface area contributed by atoms with E-state index in [1.54, 1.807) is 0 Å². The van der Waals surface area contributed by atoms with E-state index in [9.17, 15) is 4.79 Å². The highest BCUT2D eigenvalue weighted by Gasteiger charge is 2.01. The van der Waals surface area contributed by atoms with Crippen molar-refractivity contribution in [3.63, 3.8) is 0 Å². The Morgan fingerprint density at radius 2 is 1.67 bits per heavy atom. The van der Waals surface area contributed by atoms with Crippen molar-refractivity contribution in [2.24, 2.45) is 0 Å². The minimum Gasteiger partial charge on any atom is -0.466 e. The Bertz CT molecular complexity index is 230. The predicted molar refractivity (Wildman–Crippen MR) is 73.0 cm³/mol. The molecule has 0 spiro atoms. The summed E-state index contributed by atoms with van der Waals surface area (Å²) in [6, 6.07) is 0. The minimum absolute atomic E-state index is 0.0916. The van der Waals surface area contributed by atoms with Crippen LogP contribution in [0.4, 0.5) is 0 Å². The van der Waals surface area contributed by atoms with Crippen molar-refractivity contribution in [3.8, 4) is 12.3 Å². The number of rotatable bonds is 12. The van der Waals surface area contributed by atoms with Gasteiger partial charge >= 0.3 is 5.97 Å². The third kappa shape index (κ3) is 13.1. The van der Waals surface area contributed by atoms with Gasteiger partial charge in [0, 0.05) is 19.4 Å². The lowest BCUT2D eigenvalue weighted by atomic mass is 10.1. The summed E-state index contributed by atoms with van der Waals surface area (Å²) in [6.45, 7) is 0.781. The highest BCUT2D eigenvalue weighted by Crippen LogP contribution is 2.07. The fraction of sp³-hybridized carbons (Fsp3) is 0.800. The molecule has 0 aromatic carbocycles. The van der Waals surface area contributed by atoms with Gasteiger partial charge in [-0.25, -0.2) is 0 Å². The van der Waals surface area contributed by atoms with Crippen LogP contribution >= 0.6 is 0 Å². The van der Waals surface area contributed by atoms with Crippen molar-refractivity contribution in [1.82, 2.24) is 0 Å². The molecule has 0 unspecified atom stereocenters. The van der Waals surface area contributed by atoms with Crippen LogP contribution in [0.25, 0.3) is 0 Å². The molecule has 1 N–H and O–H groups in total. The number of carbonyl (C=O) groups excluding carboxylic acids is 1. The summed E-state index contributed by atoms with van der Waals surface area (Å²) in [4.78, 5) is 11.3. The Balaban J connectivity index is 3.15. The molecule has 0 radical (unpaired) electrons. The molecule has 104 valence electrons. The normalized spacial score (nSPS) is 10.0. The van der Waals surface area contributed by atoms with Crippen molar-refractivity contribution in [1.29, 1.82) is 0 Å². The number of carbonyl (C=O) groups is 1. The molecule has 0 aromatic rings. The van der Waals surface area contributed by atoms with Crippen LogP contribution < -0.4 is 0 Å². The van der Waals surface area contributed by atoms with Gasteiger partial charge in [-0.05, 0) is 25.7 Å². The van der Waals surface area contributed by atoms with E-state index in [4.69, 9.17) is 16.3 Å². The van der Waals surface area contributed by atoms with Gasteiger partial charge in [-0.2, -0.15) is 0 Å². The topological polar surface area (TPSA) is 46.5 Å². The monoisotopic (exact) mass is 254 g/mol. The fourth-order valence-electron chi connectivity index (χ4n) is 1.68. The molecule has 0 aromatic heterocycles. The molecule has 0 aliphatic heterocycles. The second kappa shape index (κ2) is 14.1. The summed E-state index contributed by atoms with van der Waals surface area (Å²) >= 11 is 0. The summed E-state index contributed by atoms with van der Waals surface area (Å²) in [6.07, 6.45) is 14.4. The van der Waals surface area contributed by atoms with Crippen LogP contribution in [0.3, 0.4) is 0 Å². The Labute approximate surface area is 111 Å². The van der Waals surface area contributed by atoms with Gasteiger partial charge in [0.1, 0.15) is 0 Å². The second-order valence-corrected chi connectivity index (χ2v) is 4.48. The minimum atomic E-state index is -0.0916. The summed E-state index contributed by atoms with van der Waals surface area (Å²) in [7, 11) is 0. The highest BCUT2D eigenvalue weighted by molar-refractivity contribution is 5.69. The average Bonchev–Trinajstić information content (AvgIpc) is 2.37. The lowest BCUT2D eigenvalue weighted by molar-refractivity contribution is -0.143. The molecule has 0 amide bonds. The van der Waals surface area contributed by atoms with E-state index in [-0.39, 0.29) is 12.6 Å². The number of ether oxygens (including phenoxy) is 1. The van der Waals surface area contributed by atoms with E-state index in [1.165, 1.54) is 0 Å². The van der Waals surface area contributed by atoms with Crippen molar-refractivity contribution >= 4 is 5.97 Å². The molecule has 3 heteroatoms. The lowest BCUT2D eigenvalue weighted by Gasteiger charge is -2.04. The molecule has 3 nitrogen and oxygen atoms in total. The summed E-state index contributed by atoms with van der Waals surface area (Å²) in [5, 5.41) is 8.61. The van der Waals surface area contributed by atoms with Gasteiger partial charge in [-0.1, -0.05) is 25.7 Å². The molecule has 0 aliphatic rings. The van der Waals surface area contributed by atoms with Crippen LogP contribution in [0.15, 0.2) is 0 Å². The van der Waals surface area contributed by atoms with Crippen molar-refractivity contribution in [3.05, 3.63) is 0 Å². The average molecular weight is 254 g/mol. The van der Waals surface area contributed by atoms with E-state index < -0.39 is 0 Å². The molecule has 0 bridgehead atoms. The first-order chi connectivity index (χ1) is 8.81. The zero-order valence-corrected chi connectivity index (χ0v) is 11.3. The zero-order valence-electron chi connectivity index (χ0n) is 11.3. The molecule has 18 heavy (non-hydrogen) atoms. The van der Waals surface area contributed by atoms with Crippen LogP contribution in [-0.2, 0) is 9.53 Å². The Hall–Kier alpha value is -1.01. The van der Waals surface area contributed by atoms with Gasteiger partial charge in [0.15, 0.2) is 0 Å². The van der Waals surface area contributed by atoms with Crippen molar-refractivity contribution < 1.29 is 14.6 Å². The number of esters is 1. The predicted octanol–water partition coefficient (Wildman–Crippen LogP) is 3.06. The first-order valence-electron chi connectivity index (χ1n) is 7.01. The standard InChI is InChI=1S/C15H26O3/c1-2-3-4-11-14-18-15(17)12-9-7-5-6-8-10-13-16/h1,16H,3-14H2. The van der Waals surface area contributed by atoms with E-state index in [0.717, 1.165) is 57.8 Å². The van der Waals surface area contributed by atoms with Crippen LogP contribution in [0, 0.1) is 12.3 Å². The SMILES string of the molecule is C#CCCCCOC(=O)CCCCCCCCO. The first-order valence-corrected chi connectivity index (χ1v) is 7.01.